The standard InChI is InChI=1S/C14H20N4O2S/c1-2-14(7-5-8-14)10-16-21(19,20)13-12(15)17-11-6-3-4-9-18(11)13/h3-4,6,9,16H,2,5,7-8,10,15H2,1H3. The minimum absolute atomic E-state index is 0.0312. The van der Waals surface area contributed by atoms with Gasteiger partial charge in [0.25, 0.3) is 10.0 Å². The van der Waals surface area contributed by atoms with Gasteiger partial charge in [-0.25, -0.2) is 18.1 Å². The third kappa shape index (κ3) is 2.40. The van der Waals surface area contributed by atoms with Gasteiger partial charge in [-0.15, -0.1) is 0 Å². The molecule has 21 heavy (non-hydrogen) atoms. The summed E-state index contributed by atoms with van der Waals surface area (Å²) in [6.45, 7) is 2.57. The lowest BCUT2D eigenvalue weighted by atomic mass is 9.67. The molecule has 0 aliphatic heterocycles. The van der Waals surface area contributed by atoms with Crippen molar-refractivity contribution in [2.75, 3.05) is 12.3 Å². The number of nitrogens with one attached hydrogen (secondary N) is 1. The molecule has 3 N–H and O–H groups in total. The van der Waals surface area contributed by atoms with Crippen LogP contribution < -0.4 is 10.5 Å². The zero-order chi connectivity index (χ0) is 15.1. The maximum atomic E-state index is 12.6. The number of pyridine rings is 1. The molecule has 2 heterocycles. The van der Waals surface area contributed by atoms with Crippen LogP contribution in [0.4, 0.5) is 5.82 Å². The minimum atomic E-state index is -3.67. The van der Waals surface area contributed by atoms with Crippen molar-refractivity contribution in [1.29, 1.82) is 0 Å². The Morgan fingerprint density at radius 1 is 1.43 bits per heavy atom. The van der Waals surface area contributed by atoms with E-state index in [0.29, 0.717) is 12.2 Å². The summed E-state index contributed by atoms with van der Waals surface area (Å²) >= 11 is 0. The van der Waals surface area contributed by atoms with Crippen LogP contribution in [0.2, 0.25) is 0 Å². The van der Waals surface area contributed by atoms with Crippen molar-refractivity contribution in [1.82, 2.24) is 14.1 Å². The number of aromatic nitrogens is 2. The van der Waals surface area contributed by atoms with Gasteiger partial charge in [-0.2, -0.15) is 0 Å². The first-order chi connectivity index (χ1) is 9.97. The third-order valence-electron chi connectivity index (χ3n) is 4.57. The fourth-order valence-corrected chi connectivity index (χ4v) is 4.27. The SMILES string of the molecule is CCC1(CNS(=O)(=O)c2c(N)nc3ccccn23)CCC1. The number of sulfonamides is 1. The summed E-state index contributed by atoms with van der Waals surface area (Å²) in [5.41, 5.74) is 6.45. The highest BCUT2D eigenvalue weighted by molar-refractivity contribution is 7.89. The Hall–Kier alpha value is -1.60. The van der Waals surface area contributed by atoms with Crippen molar-refractivity contribution in [2.45, 2.75) is 37.6 Å². The van der Waals surface area contributed by atoms with Crippen LogP contribution in [0.1, 0.15) is 32.6 Å². The monoisotopic (exact) mass is 308 g/mol. The highest BCUT2D eigenvalue weighted by Gasteiger charge is 2.36. The lowest BCUT2D eigenvalue weighted by Gasteiger charge is -2.41. The first kappa shape index (κ1) is 14.3. The quantitative estimate of drug-likeness (QED) is 0.881. The van der Waals surface area contributed by atoms with E-state index in [1.54, 1.807) is 24.4 Å². The van der Waals surface area contributed by atoms with Crippen molar-refractivity contribution < 1.29 is 8.42 Å². The van der Waals surface area contributed by atoms with Gasteiger partial charge in [0.15, 0.2) is 10.8 Å². The van der Waals surface area contributed by atoms with E-state index in [1.165, 1.54) is 10.8 Å². The van der Waals surface area contributed by atoms with E-state index < -0.39 is 10.0 Å². The van der Waals surface area contributed by atoms with Crippen LogP contribution >= 0.6 is 0 Å². The van der Waals surface area contributed by atoms with Crippen molar-refractivity contribution in [3.63, 3.8) is 0 Å². The Labute approximate surface area is 124 Å². The van der Waals surface area contributed by atoms with E-state index in [2.05, 4.69) is 16.6 Å². The number of nitrogen functional groups attached to an aromatic ring is 1. The zero-order valence-electron chi connectivity index (χ0n) is 12.0. The fourth-order valence-electron chi connectivity index (χ4n) is 2.91. The van der Waals surface area contributed by atoms with E-state index in [9.17, 15) is 8.42 Å². The molecular formula is C14H20N4O2S. The number of imidazole rings is 1. The molecule has 1 fully saturated rings. The zero-order valence-corrected chi connectivity index (χ0v) is 12.9. The lowest BCUT2D eigenvalue weighted by molar-refractivity contribution is 0.133. The Morgan fingerprint density at radius 2 is 2.19 bits per heavy atom. The van der Waals surface area contributed by atoms with Gasteiger partial charge >= 0.3 is 0 Å². The number of fused-ring (bicyclic) bond motifs is 1. The fraction of sp³-hybridized carbons (Fsp3) is 0.500. The van der Waals surface area contributed by atoms with Crippen LogP contribution in [0.15, 0.2) is 29.4 Å². The average Bonchev–Trinajstić information content (AvgIpc) is 2.74. The van der Waals surface area contributed by atoms with Gasteiger partial charge < -0.3 is 5.73 Å². The van der Waals surface area contributed by atoms with Crippen LogP contribution in [0, 0.1) is 5.41 Å². The molecule has 0 spiro atoms. The third-order valence-corrected chi connectivity index (χ3v) is 6.01. The van der Waals surface area contributed by atoms with Crippen LogP contribution in [0.3, 0.4) is 0 Å². The summed E-state index contributed by atoms with van der Waals surface area (Å²) in [7, 11) is -3.67. The van der Waals surface area contributed by atoms with Crippen molar-refractivity contribution in [3.8, 4) is 0 Å². The van der Waals surface area contributed by atoms with E-state index in [-0.39, 0.29) is 16.3 Å². The Morgan fingerprint density at radius 3 is 2.81 bits per heavy atom. The van der Waals surface area contributed by atoms with Gasteiger partial charge in [0.1, 0.15) is 5.65 Å². The molecule has 0 unspecified atom stereocenters. The van der Waals surface area contributed by atoms with Crippen molar-refractivity contribution in [2.24, 2.45) is 5.41 Å². The molecule has 0 aromatic carbocycles. The number of hydrogen-bond acceptors (Lipinski definition) is 4. The van der Waals surface area contributed by atoms with Gasteiger partial charge in [-0.05, 0) is 36.8 Å². The molecule has 2 aromatic rings. The van der Waals surface area contributed by atoms with Gasteiger partial charge in [0.2, 0.25) is 0 Å². The molecule has 2 aromatic heterocycles. The second kappa shape index (κ2) is 4.99. The first-order valence-corrected chi connectivity index (χ1v) is 8.68. The molecule has 1 saturated carbocycles. The highest BCUT2D eigenvalue weighted by Crippen LogP contribution is 2.43. The molecule has 0 radical (unpaired) electrons. The summed E-state index contributed by atoms with van der Waals surface area (Å²) in [6.07, 6.45) is 5.97. The summed E-state index contributed by atoms with van der Waals surface area (Å²) in [6, 6.07) is 5.29. The van der Waals surface area contributed by atoms with Crippen LogP contribution in [0.25, 0.3) is 5.65 Å². The van der Waals surface area contributed by atoms with Gasteiger partial charge in [0.05, 0.1) is 0 Å². The summed E-state index contributed by atoms with van der Waals surface area (Å²) in [5.74, 6) is 0.0351. The molecule has 1 aliphatic carbocycles. The molecule has 0 saturated heterocycles. The molecule has 0 atom stereocenters. The Bertz CT molecular complexity index is 757. The Kier molecular flexibility index (Phi) is 3.41. The predicted octanol–water partition coefficient (Wildman–Crippen LogP) is 1.78. The predicted molar refractivity (Wildman–Crippen MR) is 81.4 cm³/mol. The van der Waals surface area contributed by atoms with E-state index in [4.69, 9.17) is 5.73 Å². The highest BCUT2D eigenvalue weighted by atomic mass is 32.2. The van der Waals surface area contributed by atoms with Crippen LogP contribution in [-0.4, -0.2) is 24.3 Å². The molecule has 0 amide bonds. The molecule has 7 heteroatoms. The molecular weight excluding hydrogens is 288 g/mol. The number of nitrogens with two attached hydrogens (primary N) is 1. The van der Waals surface area contributed by atoms with Crippen molar-refractivity contribution in [3.05, 3.63) is 24.4 Å². The lowest BCUT2D eigenvalue weighted by Crippen LogP contribution is -2.42. The first-order valence-electron chi connectivity index (χ1n) is 7.20. The molecule has 3 rings (SSSR count). The second-order valence-electron chi connectivity index (χ2n) is 5.76. The van der Waals surface area contributed by atoms with Crippen LogP contribution in [-0.2, 0) is 10.0 Å². The topological polar surface area (TPSA) is 89.5 Å². The number of hydrogen-bond donors (Lipinski definition) is 2. The summed E-state index contributed by atoms with van der Waals surface area (Å²) < 4.78 is 29.4. The van der Waals surface area contributed by atoms with Gasteiger partial charge in [-0.1, -0.05) is 19.4 Å². The largest absolute Gasteiger partial charge is 0.381 e. The van der Waals surface area contributed by atoms with Gasteiger partial charge in [-0.3, -0.25) is 4.40 Å². The maximum absolute atomic E-state index is 12.6. The second-order valence-corrected chi connectivity index (χ2v) is 7.44. The number of rotatable bonds is 5. The number of anilines is 1. The normalized spacial score (nSPS) is 17.8. The summed E-state index contributed by atoms with van der Waals surface area (Å²) in [4.78, 5) is 4.10. The van der Waals surface area contributed by atoms with E-state index in [0.717, 1.165) is 19.3 Å². The summed E-state index contributed by atoms with van der Waals surface area (Å²) in [5, 5.41) is 0.0312. The van der Waals surface area contributed by atoms with Crippen LogP contribution in [0.5, 0.6) is 0 Å². The molecule has 0 bridgehead atoms. The maximum Gasteiger partial charge on any atom is 0.260 e. The van der Waals surface area contributed by atoms with E-state index in [1.807, 2.05) is 0 Å². The average molecular weight is 308 g/mol. The number of nitrogens with zero attached hydrogens (tertiary/aromatic N) is 2. The smallest absolute Gasteiger partial charge is 0.260 e. The molecule has 114 valence electrons. The van der Waals surface area contributed by atoms with Crippen molar-refractivity contribution >= 4 is 21.5 Å². The van der Waals surface area contributed by atoms with Gasteiger partial charge in [0, 0.05) is 12.7 Å². The molecule has 6 nitrogen and oxygen atoms in total. The van der Waals surface area contributed by atoms with E-state index >= 15 is 0 Å². The minimum Gasteiger partial charge on any atom is -0.381 e. The Balaban J connectivity index is 1.91. The molecule has 1 aliphatic rings.